The normalized spacial score (nSPS) is 11.5. The van der Waals surface area contributed by atoms with Gasteiger partial charge in [-0.3, -0.25) is 4.79 Å². The first-order chi connectivity index (χ1) is 11.7. The number of hydrogen-bond donors (Lipinski definition) is 1. The molecule has 0 aliphatic rings. The van der Waals surface area contributed by atoms with E-state index in [0.717, 1.165) is 15.9 Å². The predicted octanol–water partition coefficient (Wildman–Crippen LogP) is 3.06. The van der Waals surface area contributed by atoms with Crippen LogP contribution in [0.5, 0.6) is 5.75 Å². The van der Waals surface area contributed by atoms with Crippen molar-refractivity contribution in [1.82, 2.24) is 4.31 Å². The molecule has 2 aromatic carbocycles. The van der Waals surface area contributed by atoms with Crippen LogP contribution in [0.4, 0.5) is 0 Å². The minimum absolute atomic E-state index is 0.0296. The fraction of sp³-hybridized carbons (Fsp3) is 0.188. The van der Waals surface area contributed by atoms with E-state index in [9.17, 15) is 18.3 Å². The molecule has 9 heteroatoms. The molecule has 0 heterocycles. The number of sulfonamides is 1. The van der Waals surface area contributed by atoms with Crippen LogP contribution < -0.4 is 0 Å². The number of phenols is 1. The Hall–Kier alpha value is -1.80. The maximum Gasteiger partial charge on any atom is 0.321 e. The van der Waals surface area contributed by atoms with Gasteiger partial charge in [0.1, 0.15) is 18.0 Å². The molecule has 0 aromatic heterocycles. The minimum atomic E-state index is -4.18. The van der Waals surface area contributed by atoms with Crippen molar-refractivity contribution in [2.75, 3.05) is 13.6 Å². The molecular weight excluding hydrogens is 389 g/mol. The van der Waals surface area contributed by atoms with E-state index >= 15 is 0 Å². The Morgan fingerprint density at radius 1 is 1.20 bits per heavy atom. The van der Waals surface area contributed by atoms with Gasteiger partial charge in [0.15, 0.2) is 5.75 Å². The summed E-state index contributed by atoms with van der Waals surface area (Å²) >= 11 is 11.5. The number of benzene rings is 2. The van der Waals surface area contributed by atoms with Gasteiger partial charge in [-0.15, -0.1) is 0 Å². The number of hydrogen-bond acceptors (Lipinski definition) is 5. The monoisotopic (exact) mass is 403 g/mol. The van der Waals surface area contributed by atoms with Crippen LogP contribution in [0.2, 0.25) is 10.0 Å². The van der Waals surface area contributed by atoms with E-state index < -0.39 is 33.2 Å². The summed E-state index contributed by atoms with van der Waals surface area (Å²) in [6.07, 6.45) is 0. The van der Waals surface area contributed by atoms with Crippen LogP contribution in [0.25, 0.3) is 0 Å². The van der Waals surface area contributed by atoms with Crippen molar-refractivity contribution in [3.8, 4) is 5.75 Å². The second-order valence-corrected chi connectivity index (χ2v) is 8.00. The smallest absolute Gasteiger partial charge is 0.321 e. The fourth-order valence-electron chi connectivity index (χ4n) is 1.96. The molecule has 0 saturated carbocycles. The van der Waals surface area contributed by atoms with Crippen molar-refractivity contribution < 1.29 is 23.1 Å². The number of halogens is 2. The lowest BCUT2D eigenvalue weighted by Crippen LogP contribution is -2.33. The van der Waals surface area contributed by atoms with Gasteiger partial charge in [-0.1, -0.05) is 53.5 Å². The van der Waals surface area contributed by atoms with Crippen molar-refractivity contribution in [3.05, 3.63) is 58.1 Å². The molecule has 0 aliphatic heterocycles. The number of carbonyl (C=O) groups is 1. The van der Waals surface area contributed by atoms with Crippen molar-refractivity contribution in [3.63, 3.8) is 0 Å². The van der Waals surface area contributed by atoms with Crippen molar-refractivity contribution in [2.45, 2.75) is 11.5 Å². The van der Waals surface area contributed by atoms with Gasteiger partial charge in [-0.25, -0.2) is 8.42 Å². The van der Waals surface area contributed by atoms with Gasteiger partial charge in [-0.05, 0) is 17.7 Å². The first-order valence-electron chi connectivity index (χ1n) is 7.05. The van der Waals surface area contributed by atoms with Crippen LogP contribution >= 0.6 is 23.2 Å². The maximum atomic E-state index is 12.5. The number of likely N-dealkylation sites (N-methyl/N-ethyl adjacent to an activating group) is 1. The highest BCUT2D eigenvalue weighted by Crippen LogP contribution is 2.35. The number of rotatable bonds is 6. The second kappa shape index (κ2) is 8.05. The highest BCUT2D eigenvalue weighted by atomic mass is 35.5. The Kier molecular flexibility index (Phi) is 6.29. The molecular formula is C16H15Cl2NO5S. The topological polar surface area (TPSA) is 83.9 Å². The van der Waals surface area contributed by atoms with E-state index in [1.165, 1.54) is 13.1 Å². The molecule has 0 amide bonds. The van der Waals surface area contributed by atoms with Crippen LogP contribution in [-0.2, 0) is 26.2 Å². The van der Waals surface area contributed by atoms with E-state index in [1.807, 2.05) is 6.07 Å². The predicted molar refractivity (Wildman–Crippen MR) is 94.2 cm³/mol. The van der Waals surface area contributed by atoms with Gasteiger partial charge in [0.25, 0.3) is 0 Å². The molecule has 0 fully saturated rings. The zero-order valence-corrected chi connectivity index (χ0v) is 15.5. The molecule has 134 valence electrons. The number of nitrogens with zero attached hydrogens (tertiary/aromatic N) is 1. The molecule has 0 saturated heterocycles. The van der Waals surface area contributed by atoms with Gasteiger partial charge < -0.3 is 9.84 Å². The summed E-state index contributed by atoms with van der Waals surface area (Å²) in [6.45, 7) is -0.499. The summed E-state index contributed by atoms with van der Waals surface area (Å²) < 4.78 is 30.8. The standard InChI is InChI=1S/C16H15Cl2NO5S/c1-19(9-15(20)24-10-11-5-3-2-4-6-11)25(22,23)14-8-12(17)7-13(18)16(14)21/h2-8,21H,9-10H2,1H3. The highest BCUT2D eigenvalue weighted by molar-refractivity contribution is 7.89. The molecule has 0 aliphatic carbocycles. The first-order valence-corrected chi connectivity index (χ1v) is 9.25. The molecule has 0 atom stereocenters. The van der Waals surface area contributed by atoms with Crippen molar-refractivity contribution in [2.24, 2.45) is 0 Å². The Balaban J connectivity index is 2.09. The lowest BCUT2D eigenvalue weighted by Gasteiger charge is -2.17. The van der Waals surface area contributed by atoms with Crippen LogP contribution in [0.15, 0.2) is 47.4 Å². The van der Waals surface area contributed by atoms with E-state index in [1.54, 1.807) is 24.3 Å². The quantitative estimate of drug-likeness (QED) is 0.749. The van der Waals surface area contributed by atoms with Gasteiger partial charge >= 0.3 is 5.97 Å². The average Bonchev–Trinajstić information content (AvgIpc) is 2.57. The summed E-state index contributed by atoms with van der Waals surface area (Å²) in [7, 11) is -2.99. The molecule has 6 nitrogen and oxygen atoms in total. The number of phenolic OH excluding ortho intramolecular Hbond substituents is 1. The summed E-state index contributed by atoms with van der Waals surface area (Å²) in [5, 5.41) is 9.72. The van der Waals surface area contributed by atoms with Gasteiger partial charge in [0, 0.05) is 12.1 Å². The zero-order chi connectivity index (χ0) is 18.6. The first kappa shape index (κ1) is 19.5. The minimum Gasteiger partial charge on any atom is -0.505 e. The van der Waals surface area contributed by atoms with Gasteiger partial charge in [0.2, 0.25) is 10.0 Å². The molecule has 0 spiro atoms. The number of ether oxygens (including phenoxy) is 1. The third-order valence-corrected chi connectivity index (χ3v) is 5.60. The number of carbonyl (C=O) groups excluding carboxylic acids is 1. The lowest BCUT2D eigenvalue weighted by molar-refractivity contribution is -0.144. The molecule has 2 aromatic rings. The van der Waals surface area contributed by atoms with Crippen LogP contribution in [0.3, 0.4) is 0 Å². The summed E-state index contributed by atoms with van der Waals surface area (Å²) in [4.78, 5) is 11.4. The Bertz CT molecular complexity index is 872. The Labute approximate surface area is 155 Å². The summed E-state index contributed by atoms with van der Waals surface area (Å²) in [6, 6.07) is 11.3. The largest absolute Gasteiger partial charge is 0.505 e. The van der Waals surface area contributed by atoms with Gasteiger partial charge in [0.05, 0.1) is 5.02 Å². The molecule has 0 unspecified atom stereocenters. The lowest BCUT2D eigenvalue weighted by atomic mass is 10.2. The summed E-state index contributed by atoms with van der Waals surface area (Å²) in [5.41, 5.74) is 0.778. The maximum absolute atomic E-state index is 12.5. The average molecular weight is 404 g/mol. The third kappa shape index (κ3) is 4.85. The molecule has 25 heavy (non-hydrogen) atoms. The highest BCUT2D eigenvalue weighted by Gasteiger charge is 2.28. The SMILES string of the molecule is CN(CC(=O)OCc1ccccc1)S(=O)(=O)c1cc(Cl)cc(Cl)c1O. The van der Waals surface area contributed by atoms with E-state index in [2.05, 4.69) is 0 Å². The van der Waals surface area contributed by atoms with E-state index in [4.69, 9.17) is 27.9 Å². The number of esters is 1. The molecule has 0 radical (unpaired) electrons. The van der Waals surface area contributed by atoms with Crippen molar-refractivity contribution in [1.29, 1.82) is 0 Å². The molecule has 2 rings (SSSR count). The number of aromatic hydroxyl groups is 1. The van der Waals surface area contributed by atoms with Gasteiger partial charge in [-0.2, -0.15) is 4.31 Å². The van der Waals surface area contributed by atoms with Crippen LogP contribution in [0.1, 0.15) is 5.56 Å². The Morgan fingerprint density at radius 2 is 1.84 bits per heavy atom. The molecule has 0 bridgehead atoms. The third-order valence-electron chi connectivity index (χ3n) is 3.28. The summed E-state index contributed by atoms with van der Waals surface area (Å²) in [5.74, 6) is -1.36. The molecule has 1 N–H and O–H groups in total. The van der Waals surface area contributed by atoms with Crippen LogP contribution in [0, 0.1) is 0 Å². The van der Waals surface area contributed by atoms with E-state index in [-0.39, 0.29) is 16.7 Å². The zero-order valence-electron chi connectivity index (χ0n) is 13.1. The van der Waals surface area contributed by atoms with E-state index in [0.29, 0.717) is 0 Å². The Morgan fingerprint density at radius 3 is 2.48 bits per heavy atom. The fourth-order valence-corrected chi connectivity index (χ4v) is 3.81. The van der Waals surface area contributed by atoms with Crippen molar-refractivity contribution >= 4 is 39.2 Å². The van der Waals surface area contributed by atoms with Crippen LogP contribution in [-0.4, -0.2) is 37.4 Å². The second-order valence-electron chi connectivity index (χ2n) is 5.14.